The van der Waals surface area contributed by atoms with Crippen LogP contribution in [0.3, 0.4) is 0 Å². The molecule has 0 aromatic heterocycles. The maximum atomic E-state index is 11.2. The molecule has 1 rings (SSSR count). The molecule has 0 aromatic carbocycles. The quantitative estimate of drug-likeness (QED) is 0.430. The lowest BCUT2D eigenvalue weighted by Crippen LogP contribution is -2.45. The number of carbonyl (C=O) groups is 1. The monoisotopic (exact) mass is 212 g/mol. The number of nitrogens with zero attached hydrogens (tertiary/aromatic N) is 1. The van der Waals surface area contributed by atoms with Crippen LogP contribution in [0, 0.1) is 0 Å². The second-order valence-electron chi connectivity index (χ2n) is 4.13. The first-order chi connectivity index (χ1) is 7.00. The first-order valence-electron chi connectivity index (χ1n) is 5.33. The summed E-state index contributed by atoms with van der Waals surface area (Å²) in [5, 5.41) is 3.26. The number of hydrogen-bond acceptors (Lipinski definition) is 4. The number of rotatable bonds is 4. The summed E-state index contributed by atoms with van der Waals surface area (Å²) in [5.74, 6) is -0.337. The Labute approximate surface area is 91.3 Å². The Hall–Kier alpha value is -0.870. The fourth-order valence-electron chi connectivity index (χ4n) is 1.69. The predicted octanol–water partition coefficient (Wildman–Crippen LogP) is 1.09. The Balaban J connectivity index is 2.32. The van der Waals surface area contributed by atoms with E-state index >= 15 is 0 Å². The van der Waals surface area contributed by atoms with Crippen molar-refractivity contribution >= 4 is 5.97 Å². The van der Waals surface area contributed by atoms with Crippen LogP contribution in [-0.4, -0.2) is 36.9 Å². The van der Waals surface area contributed by atoms with Gasteiger partial charge in [0, 0.05) is 5.57 Å². The topological polar surface area (TPSA) is 41.6 Å². The first kappa shape index (κ1) is 12.2. The Kier molecular flexibility index (Phi) is 4.29. The van der Waals surface area contributed by atoms with Crippen LogP contribution < -0.4 is 5.32 Å². The molecule has 1 aliphatic rings. The summed E-state index contributed by atoms with van der Waals surface area (Å²) in [7, 11) is 2.07. The average molecular weight is 212 g/mol. The summed E-state index contributed by atoms with van der Waals surface area (Å²) < 4.78 is 5.15. The lowest BCUT2D eigenvalue weighted by Gasteiger charge is -2.24. The normalized spacial score (nSPS) is 23.8. The van der Waals surface area contributed by atoms with Gasteiger partial charge in [-0.1, -0.05) is 6.58 Å². The summed E-state index contributed by atoms with van der Waals surface area (Å²) >= 11 is 0. The van der Waals surface area contributed by atoms with Gasteiger partial charge in [-0.2, -0.15) is 0 Å². The lowest BCUT2D eigenvalue weighted by atomic mass is 10.3. The molecule has 2 unspecified atom stereocenters. The fraction of sp³-hybridized carbons (Fsp3) is 0.727. The molecule has 1 aliphatic heterocycles. The minimum absolute atomic E-state index is 0.264. The van der Waals surface area contributed by atoms with Gasteiger partial charge in [-0.15, -0.1) is 0 Å². The molecule has 0 amide bonds. The zero-order chi connectivity index (χ0) is 11.4. The van der Waals surface area contributed by atoms with Gasteiger partial charge in [0.05, 0.1) is 6.17 Å². The molecule has 0 spiro atoms. The molecule has 4 nitrogen and oxygen atoms in total. The molecule has 1 N–H and O–H groups in total. The Morgan fingerprint density at radius 1 is 1.67 bits per heavy atom. The van der Waals surface area contributed by atoms with E-state index in [9.17, 15) is 4.79 Å². The van der Waals surface area contributed by atoms with Gasteiger partial charge in [0.15, 0.2) is 6.23 Å². The van der Waals surface area contributed by atoms with Gasteiger partial charge in [0.25, 0.3) is 0 Å². The lowest BCUT2D eigenvalue weighted by molar-refractivity contribution is -0.145. The van der Waals surface area contributed by atoms with Crippen molar-refractivity contribution in [3.8, 4) is 0 Å². The predicted molar refractivity (Wildman–Crippen MR) is 59.2 cm³/mol. The van der Waals surface area contributed by atoms with Gasteiger partial charge >= 0.3 is 5.97 Å². The van der Waals surface area contributed by atoms with Crippen LogP contribution in [0.25, 0.3) is 0 Å². The molecule has 0 aliphatic carbocycles. The van der Waals surface area contributed by atoms with Crippen LogP contribution in [0.15, 0.2) is 12.2 Å². The minimum Gasteiger partial charge on any atom is -0.443 e. The fourth-order valence-corrected chi connectivity index (χ4v) is 1.69. The van der Waals surface area contributed by atoms with Crippen molar-refractivity contribution in [2.45, 2.75) is 39.1 Å². The highest BCUT2D eigenvalue weighted by atomic mass is 16.6. The number of carbonyl (C=O) groups excluding carboxylic acids is 1. The smallest absolute Gasteiger partial charge is 0.334 e. The van der Waals surface area contributed by atoms with Gasteiger partial charge in [-0.05, 0) is 40.3 Å². The van der Waals surface area contributed by atoms with Crippen molar-refractivity contribution in [3.63, 3.8) is 0 Å². The summed E-state index contributed by atoms with van der Waals surface area (Å²) in [5.41, 5.74) is 0.434. The standard InChI is InChI=1S/C11H20N2O2/c1-8(2)11(14)15-9(3)12-10-6-5-7-13(10)4/h9-10,12H,1,5-7H2,2-4H3. The molecule has 4 heteroatoms. The molecular formula is C11H20N2O2. The van der Waals surface area contributed by atoms with Crippen LogP contribution in [0.5, 0.6) is 0 Å². The minimum atomic E-state index is -0.337. The first-order valence-corrected chi connectivity index (χ1v) is 5.33. The molecule has 2 atom stereocenters. The Morgan fingerprint density at radius 2 is 2.33 bits per heavy atom. The number of hydrogen-bond donors (Lipinski definition) is 1. The van der Waals surface area contributed by atoms with Crippen molar-refractivity contribution < 1.29 is 9.53 Å². The van der Waals surface area contributed by atoms with E-state index in [1.165, 1.54) is 6.42 Å². The van der Waals surface area contributed by atoms with Crippen LogP contribution in [0.4, 0.5) is 0 Å². The zero-order valence-corrected chi connectivity index (χ0v) is 9.75. The van der Waals surface area contributed by atoms with Crippen molar-refractivity contribution in [2.24, 2.45) is 0 Å². The van der Waals surface area contributed by atoms with E-state index in [2.05, 4.69) is 23.8 Å². The van der Waals surface area contributed by atoms with Crippen LogP contribution in [0.2, 0.25) is 0 Å². The Bertz CT molecular complexity index is 253. The van der Waals surface area contributed by atoms with Crippen LogP contribution >= 0.6 is 0 Å². The molecule has 15 heavy (non-hydrogen) atoms. The summed E-state index contributed by atoms with van der Waals surface area (Å²) in [6.07, 6.45) is 2.35. The number of likely N-dealkylation sites (tertiary alicyclic amines) is 1. The number of ether oxygens (including phenoxy) is 1. The van der Waals surface area contributed by atoms with Gasteiger partial charge in [-0.3, -0.25) is 10.2 Å². The average Bonchev–Trinajstić information content (AvgIpc) is 2.51. The number of nitrogens with one attached hydrogen (secondary N) is 1. The third kappa shape index (κ3) is 3.64. The van der Waals surface area contributed by atoms with E-state index in [1.54, 1.807) is 6.92 Å². The van der Waals surface area contributed by atoms with Crippen LogP contribution in [0.1, 0.15) is 26.7 Å². The van der Waals surface area contributed by atoms with E-state index in [1.807, 2.05) is 6.92 Å². The van der Waals surface area contributed by atoms with E-state index in [-0.39, 0.29) is 12.2 Å². The van der Waals surface area contributed by atoms with E-state index in [0.29, 0.717) is 11.7 Å². The molecule has 0 saturated carbocycles. The van der Waals surface area contributed by atoms with E-state index in [4.69, 9.17) is 4.74 Å². The SMILES string of the molecule is C=C(C)C(=O)OC(C)NC1CCCN1C. The van der Waals surface area contributed by atoms with Gasteiger partial charge < -0.3 is 4.74 Å². The van der Waals surface area contributed by atoms with E-state index in [0.717, 1.165) is 13.0 Å². The third-order valence-electron chi connectivity index (χ3n) is 2.58. The highest BCUT2D eigenvalue weighted by molar-refractivity contribution is 5.87. The second-order valence-corrected chi connectivity index (χ2v) is 4.13. The van der Waals surface area contributed by atoms with Crippen molar-refractivity contribution in [2.75, 3.05) is 13.6 Å². The molecule has 1 heterocycles. The number of esters is 1. The van der Waals surface area contributed by atoms with Gasteiger partial charge in [0.1, 0.15) is 0 Å². The summed E-state index contributed by atoms with van der Waals surface area (Å²) in [4.78, 5) is 13.5. The molecular weight excluding hydrogens is 192 g/mol. The summed E-state index contributed by atoms with van der Waals surface area (Å²) in [6.45, 7) is 8.13. The van der Waals surface area contributed by atoms with Crippen molar-refractivity contribution in [1.29, 1.82) is 0 Å². The largest absolute Gasteiger partial charge is 0.443 e. The molecule has 0 aromatic rings. The van der Waals surface area contributed by atoms with Crippen molar-refractivity contribution in [1.82, 2.24) is 10.2 Å². The van der Waals surface area contributed by atoms with Gasteiger partial charge in [-0.25, -0.2) is 4.79 Å². The molecule has 1 saturated heterocycles. The second kappa shape index (κ2) is 5.28. The maximum Gasteiger partial charge on any atom is 0.334 e. The highest BCUT2D eigenvalue weighted by Gasteiger charge is 2.23. The molecule has 86 valence electrons. The van der Waals surface area contributed by atoms with Crippen LogP contribution in [-0.2, 0) is 9.53 Å². The molecule has 0 bridgehead atoms. The Morgan fingerprint density at radius 3 is 2.80 bits per heavy atom. The highest BCUT2D eigenvalue weighted by Crippen LogP contribution is 2.12. The summed E-state index contributed by atoms with van der Waals surface area (Å²) in [6, 6.07) is 0. The van der Waals surface area contributed by atoms with Crippen molar-refractivity contribution in [3.05, 3.63) is 12.2 Å². The van der Waals surface area contributed by atoms with E-state index < -0.39 is 0 Å². The maximum absolute atomic E-state index is 11.2. The molecule has 1 fully saturated rings. The zero-order valence-electron chi connectivity index (χ0n) is 9.75. The molecule has 0 radical (unpaired) electrons. The van der Waals surface area contributed by atoms with Gasteiger partial charge in [0.2, 0.25) is 0 Å². The third-order valence-corrected chi connectivity index (χ3v) is 2.58.